The highest BCUT2D eigenvalue weighted by Gasteiger charge is 2.44. The van der Waals surface area contributed by atoms with Crippen molar-refractivity contribution < 1.29 is 0 Å². The van der Waals surface area contributed by atoms with E-state index in [9.17, 15) is 0 Å². The van der Waals surface area contributed by atoms with E-state index in [0.717, 1.165) is 56.9 Å². The SMILES string of the molecule is c1ccc(-c2ccc(N3c4ccc(-c5ccccc5)cc4B4c5ccc(-n6c7ccccc7c7ccccc76)cc5N(c5ccc6c7ccccc7c7ccccc7c6c5)c5cc(N(c6ccccc6)c6ccccc6)cc3c54)cc2)cc1. The minimum atomic E-state index is -0.155. The van der Waals surface area contributed by atoms with Crippen molar-refractivity contribution in [2.75, 3.05) is 14.7 Å². The molecule has 5 heteroatoms. The van der Waals surface area contributed by atoms with Crippen molar-refractivity contribution in [2.45, 2.75) is 0 Å². The molecular formula is C78H51BN4. The molecule has 83 heavy (non-hydrogen) atoms. The van der Waals surface area contributed by atoms with Crippen LogP contribution in [0, 0.1) is 0 Å². The van der Waals surface area contributed by atoms with Crippen molar-refractivity contribution in [1.29, 1.82) is 0 Å². The minimum absolute atomic E-state index is 0.155. The molecule has 0 saturated heterocycles. The second kappa shape index (κ2) is 18.9. The Morgan fingerprint density at radius 3 is 1.25 bits per heavy atom. The Balaban J connectivity index is 1.01. The van der Waals surface area contributed by atoms with Gasteiger partial charge in [0, 0.05) is 62.0 Å². The van der Waals surface area contributed by atoms with Crippen molar-refractivity contribution in [3.8, 4) is 27.9 Å². The van der Waals surface area contributed by atoms with Crippen LogP contribution in [0.4, 0.5) is 51.2 Å². The Labute approximate surface area is 482 Å². The summed E-state index contributed by atoms with van der Waals surface area (Å²) in [7, 11) is 0. The van der Waals surface area contributed by atoms with Crippen LogP contribution in [-0.2, 0) is 0 Å². The quantitative estimate of drug-likeness (QED) is 0.111. The van der Waals surface area contributed by atoms with Crippen LogP contribution in [0.2, 0.25) is 0 Å². The van der Waals surface area contributed by atoms with Crippen molar-refractivity contribution in [2.24, 2.45) is 0 Å². The van der Waals surface area contributed by atoms with Gasteiger partial charge in [-0.1, -0.05) is 218 Å². The molecule has 17 rings (SSSR count). The van der Waals surface area contributed by atoms with Crippen LogP contribution in [0.25, 0.3) is 82.1 Å². The fourth-order valence-corrected chi connectivity index (χ4v) is 13.9. The molecule has 2 aliphatic heterocycles. The summed E-state index contributed by atoms with van der Waals surface area (Å²) in [4.78, 5) is 7.58. The summed E-state index contributed by atoms with van der Waals surface area (Å²) in [6.45, 7) is -0.155. The summed E-state index contributed by atoms with van der Waals surface area (Å²) in [5.74, 6) is 0. The average Bonchev–Trinajstić information content (AvgIpc) is 1.35. The van der Waals surface area contributed by atoms with Gasteiger partial charge in [-0.2, -0.15) is 0 Å². The maximum atomic E-state index is 2.60. The van der Waals surface area contributed by atoms with E-state index < -0.39 is 0 Å². The average molecular weight is 1060 g/mol. The normalized spacial score (nSPS) is 12.5. The highest BCUT2D eigenvalue weighted by atomic mass is 15.2. The van der Waals surface area contributed by atoms with Gasteiger partial charge in [-0.15, -0.1) is 0 Å². The van der Waals surface area contributed by atoms with Gasteiger partial charge in [0.15, 0.2) is 0 Å². The van der Waals surface area contributed by atoms with Crippen LogP contribution >= 0.6 is 0 Å². The standard InChI is InChI=1S/C78H51BN4/c1-5-21-52(22-6-1)54-37-40-58(41-38-54)81-74-46-39-55(53-23-7-2-8-24-53)47-71(74)79-70-45-43-60(82-72-35-19-17-33-67(72)68-34-18-20-36-73(68)82)49-75(70)83(59-42-44-66-64-31-14-13-29-62(64)63-30-15-16-32-65(63)69(66)48-59)77-51-61(50-76(81)78(77)79)80(56-25-9-3-10-26-56)57-27-11-4-12-28-57/h1-51H. The van der Waals surface area contributed by atoms with E-state index in [1.807, 2.05) is 0 Å². The molecule has 0 radical (unpaired) electrons. The first-order valence-corrected chi connectivity index (χ1v) is 28.7. The Hall–Kier alpha value is -10.9. The zero-order valence-corrected chi connectivity index (χ0v) is 45.3. The molecule has 14 aromatic carbocycles. The molecule has 0 atom stereocenters. The summed E-state index contributed by atoms with van der Waals surface area (Å²) >= 11 is 0. The van der Waals surface area contributed by atoms with Gasteiger partial charge in [0.25, 0.3) is 6.71 Å². The van der Waals surface area contributed by atoms with E-state index in [1.165, 1.54) is 92.8 Å². The van der Waals surface area contributed by atoms with Crippen molar-refractivity contribution in [1.82, 2.24) is 4.57 Å². The molecular weight excluding hydrogens is 1000 g/mol. The zero-order valence-electron chi connectivity index (χ0n) is 45.3. The van der Waals surface area contributed by atoms with Crippen molar-refractivity contribution in [3.05, 3.63) is 309 Å². The number of aromatic nitrogens is 1. The smallest absolute Gasteiger partial charge is 0.252 e. The van der Waals surface area contributed by atoms with Crippen LogP contribution in [0.1, 0.15) is 0 Å². The first-order valence-electron chi connectivity index (χ1n) is 28.7. The monoisotopic (exact) mass is 1050 g/mol. The molecule has 0 unspecified atom stereocenters. The summed E-state index contributed by atoms with van der Waals surface area (Å²) in [5.41, 5.74) is 21.9. The van der Waals surface area contributed by atoms with Crippen molar-refractivity contribution >= 4 is 128 Å². The van der Waals surface area contributed by atoms with Gasteiger partial charge in [0.1, 0.15) is 0 Å². The first-order chi connectivity index (χ1) is 41.2. The molecule has 2 aliphatic rings. The summed E-state index contributed by atoms with van der Waals surface area (Å²) in [6, 6.07) is 115. The molecule has 0 N–H and O–H groups in total. The molecule has 0 fully saturated rings. The highest BCUT2D eigenvalue weighted by molar-refractivity contribution is 7.00. The lowest BCUT2D eigenvalue weighted by atomic mass is 9.33. The third kappa shape index (κ3) is 7.41. The van der Waals surface area contributed by atoms with Gasteiger partial charge in [-0.05, 0) is 162 Å². The van der Waals surface area contributed by atoms with Gasteiger partial charge in [0.2, 0.25) is 0 Å². The number of fused-ring (bicyclic) bond motifs is 13. The van der Waals surface area contributed by atoms with Crippen LogP contribution in [0.15, 0.2) is 309 Å². The lowest BCUT2D eigenvalue weighted by molar-refractivity contribution is 1.17. The lowest BCUT2D eigenvalue weighted by Gasteiger charge is -2.45. The van der Waals surface area contributed by atoms with Crippen LogP contribution in [0.3, 0.4) is 0 Å². The molecule has 15 aromatic rings. The van der Waals surface area contributed by atoms with Crippen LogP contribution in [0.5, 0.6) is 0 Å². The molecule has 0 spiro atoms. The largest absolute Gasteiger partial charge is 0.311 e. The molecule has 0 saturated carbocycles. The first kappa shape index (κ1) is 47.0. The van der Waals surface area contributed by atoms with Gasteiger partial charge in [-0.25, -0.2) is 0 Å². The predicted molar refractivity (Wildman–Crippen MR) is 353 cm³/mol. The number of para-hydroxylation sites is 4. The van der Waals surface area contributed by atoms with Gasteiger partial charge in [0.05, 0.1) is 16.7 Å². The number of rotatable bonds is 8. The summed E-state index contributed by atoms with van der Waals surface area (Å²) in [5, 5.41) is 9.93. The van der Waals surface area contributed by atoms with Gasteiger partial charge >= 0.3 is 0 Å². The minimum Gasteiger partial charge on any atom is -0.311 e. The Bertz CT molecular complexity index is 4910. The van der Waals surface area contributed by atoms with E-state index in [0.29, 0.717) is 0 Å². The van der Waals surface area contributed by atoms with E-state index in [1.54, 1.807) is 0 Å². The third-order valence-electron chi connectivity index (χ3n) is 17.5. The molecule has 3 heterocycles. The molecule has 0 bridgehead atoms. The Morgan fingerprint density at radius 2 is 0.675 bits per heavy atom. The molecule has 4 nitrogen and oxygen atoms in total. The van der Waals surface area contributed by atoms with Crippen LogP contribution in [-0.4, -0.2) is 11.3 Å². The third-order valence-corrected chi connectivity index (χ3v) is 17.5. The maximum absolute atomic E-state index is 2.60. The fourth-order valence-electron chi connectivity index (χ4n) is 13.9. The van der Waals surface area contributed by atoms with E-state index in [2.05, 4.69) is 329 Å². The predicted octanol–water partition coefficient (Wildman–Crippen LogP) is 19.1. The molecule has 0 aliphatic carbocycles. The van der Waals surface area contributed by atoms with E-state index in [-0.39, 0.29) is 6.71 Å². The lowest BCUT2D eigenvalue weighted by Crippen LogP contribution is -2.61. The number of hydrogen-bond acceptors (Lipinski definition) is 3. The highest BCUT2D eigenvalue weighted by Crippen LogP contribution is 2.50. The maximum Gasteiger partial charge on any atom is 0.252 e. The second-order valence-electron chi connectivity index (χ2n) is 22.0. The molecule has 1 aromatic heterocycles. The number of hydrogen-bond donors (Lipinski definition) is 0. The number of anilines is 9. The summed E-state index contributed by atoms with van der Waals surface area (Å²) in [6.07, 6.45) is 0. The number of nitrogens with zero attached hydrogens (tertiary/aromatic N) is 4. The van der Waals surface area contributed by atoms with Gasteiger partial charge in [-0.3, -0.25) is 0 Å². The summed E-state index contributed by atoms with van der Waals surface area (Å²) < 4.78 is 2.47. The molecule has 0 amide bonds. The second-order valence-corrected chi connectivity index (χ2v) is 22.0. The number of benzene rings is 14. The van der Waals surface area contributed by atoms with Crippen molar-refractivity contribution in [3.63, 3.8) is 0 Å². The van der Waals surface area contributed by atoms with Crippen LogP contribution < -0.4 is 31.1 Å². The Kier molecular flexibility index (Phi) is 10.7. The molecule has 386 valence electrons. The van der Waals surface area contributed by atoms with E-state index >= 15 is 0 Å². The van der Waals surface area contributed by atoms with Gasteiger partial charge < -0.3 is 19.3 Å². The fraction of sp³-hybridized carbons (Fsp3) is 0. The zero-order chi connectivity index (χ0) is 54.5. The topological polar surface area (TPSA) is 14.7 Å². The Morgan fingerprint density at radius 1 is 0.241 bits per heavy atom. The van der Waals surface area contributed by atoms with E-state index in [4.69, 9.17) is 0 Å².